The molecule has 0 aliphatic carbocycles. The molecule has 0 saturated carbocycles. The zero-order chi connectivity index (χ0) is 22.9. The number of ketones is 1. The normalized spacial score (nSPS) is 18.3. The van der Waals surface area contributed by atoms with Crippen molar-refractivity contribution in [3.63, 3.8) is 0 Å². The number of aryl methyl sites for hydroxylation is 2. The van der Waals surface area contributed by atoms with Gasteiger partial charge in [0.25, 0.3) is 11.7 Å². The number of amides is 1. The van der Waals surface area contributed by atoms with E-state index in [1.54, 1.807) is 19.1 Å². The van der Waals surface area contributed by atoms with E-state index in [-0.39, 0.29) is 29.0 Å². The lowest BCUT2D eigenvalue weighted by Crippen LogP contribution is -2.32. The maximum atomic E-state index is 14.7. The molecule has 0 spiro atoms. The third-order valence-electron chi connectivity index (χ3n) is 5.61. The smallest absolute Gasteiger partial charge is 0.295 e. The molecule has 164 valence electrons. The van der Waals surface area contributed by atoms with E-state index >= 15 is 0 Å². The van der Waals surface area contributed by atoms with Crippen LogP contribution in [0.4, 0.5) is 4.39 Å². The maximum absolute atomic E-state index is 14.7. The maximum Gasteiger partial charge on any atom is 0.295 e. The van der Waals surface area contributed by atoms with Crippen molar-refractivity contribution in [2.75, 3.05) is 27.2 Å². The number of benzene rings is 2. The second-order valence-corrected chi connectivity index (χ2v) is 8.12. The molecular weight excluding hydrogens is 399 g/mol. The summed E-state index contributed by atoms with van der Waals surface area (Å²) in [4.78, 5) is 29.1. The van der Waals surface area contributed by atoms with Gasteiger partial charge in [0, 0.05) is 12.1 Å². The molecule has 6 nitrogen and oxygen atoms in total. The Morgan fingerprint density at radius 3 is 2.42 bits per heavy atom. The largest absolute Gasteiger partial charge is 0.507 e. The average molecular weight is 426 g/mol. The minimum Gasteiger partial charge on any atom is -0.507 e. The lowest BCUT2D eigenvalue weighted by atomic mass is 9.93. The highest BCUT2D eigenvalue weighted by Gasteiger charge is 2.46. The van der Waals surface area contributed by atoms with Crippen molar-refractivity contribution in [2.24, 2.45) is 0 Å². The van der Waals surface area contributed by atoms with Gasteiger partial charge in [0.2, 0.25) is 0 Å². The number of carbonyl (C=O) groups is 2. The van der Waals surface area contributed by atoms with E-state index in [2.05, 4.69) is 0 Å². The van der Waals surface area contributed by atoms with Crippen molar-refractivity contribution in [1.29, 1.82) is 0 Å². The number of Topliss-reactive ketones (excluding diaryl/α,β-unsaturated/α-hetero) is 1. The zero-order valence-corrected chi connectivity index (χ0v) is 18.1. The fourth-order valence-electron chi connectivity index (χ4n) is 3.82. The van der Waals surface area contributed by atoms with Gasteiger partial charge < -0.3 is 20.0 Å². The summed E-state index contributed by atoms with van der Waals surface area (Å²) in [6.07, 6.45) is 0.569. The molecule has 7 heteroatoms. The van der Waals surface area contributed by atoms with Gasteiger partial charge in [0.05, 0.1) is 17.2 Å². The standard InChI is InChI=1S/C24H27FN2O4/c1-14-12-17(19(28)13-15(14)2)22(29)20-21(16-8-5-6-9-18(16)25)27(24(31)23(20)30)11-7-10-26(3)4/h5-6,8-9,12-13,21,28-29H,7,10-11H2,1-4H3/t21-/m1/s1. The third-order valence-corrected chi connectivity index (χ3v) is 5.61. The molecule has 1 fully saturated rings. The minimum absolute atomic E-state index is 0.0377. The quantitative estimate of drug-likeness (QED) is 0.420. The van der Waals surface area contributed by atoms with Gasteiger partial charge in [-0.25, -0.2) is 4.39 Å². The molecule has 2 N–H and O–H groups in total. The van der Waals surface area contributed by atoms with Gasteiger partial charge in [-0.15, -0.1) is 0 Å². The first-order valence-electron chi connectivity index (χ1n) is 10.1. The fraction of sp³-hybridized carbons (Fsp3) is 0.333. The first-order valence-corrected chi connectivity index (χ1v) is 10.1. The molecule has 0 bridgehead atoms. The van der Waals surface area contributed by atoms with Crippen LogP contribution in [0.15, 0.2) is 42.0 Å². The Morgan fingerprint density at radius 1 is 1.13 bits per heavy atom. The monoisotopic (exact) mass is 426 g/mol. The van der Waals surface area contributed by atoms with Gasteiger partial charge in [-0.05, 0) is 70.2 Å². The Kier molecular flexibility index (Phi) is 6.45. The highest BCUT2D eigenvalue weighted by Crippen LogP contribution is 2.41. The molecule has 0 radical (unpaired) electrons. The molecule has 31 heavy (non-hydrogen) atoms. The second kappa shape index (κ2) is 8.89. The summed E-state index contributed by atoms with van der Waals surface area (Å²) in [5, 5.41) is 21.4. The lowest BCUT2D eigenvalue weighted by Gasteiger charge is -2.26. The number of nitrogens with zero attached hydrogens (tertiary/aromatic N) is 2. The summed E-state index contributed by atoms with van der Waals surface area (Å²) in [5.74, 6) is -3.00. The van der Waals surface area contributed by atoms with E-state index in [0.29, 0.717) is 13.0 Å². The summed E-state index contributed by atoms with van der Waals surface area (Å²) in [6.45, 7) is 4.50. The predicted octanol–water partition coefficient (Wildman–Crippen LogP) is 3.52. The summed E-state index contributed by atoms with van der Waals surface area (Å²) < 4.78 is 14.7. The Hall–Kier alpha value is -3.19. The number of carbonyl (C=O) groups excluding carboxylic acids is 2. The third kappa shape index (κ3) is 4.32. The van der Waals surface area contributed by atoms with E-state index in [1.807, 2.05) is 25.9 Å². The molecule has 2 aromatic carbocycles. The van der Waals surface area contributed by atoms with Gasteiger partial charge in [-0.3, -0.25) is 9.59 Å². The van der Waals surface area contributed by atoms with Crippen LogP contribution < -0.4 is 0 Å². The summed E-state index contributed by atoms with van der Waals surface area (Å²) in [6, 6.07) is 7.84. The Bertz CT molecular complexity index is 1060. The van der Waals surface area contributed by atoms with Gasteiger partial charge in [-0.1, -0.05) is 18.2 Å². The summed E-state index contributed by atoms with van der Waals surface area (Å²) in [5.41, 5.74) is 1.54. The van der Waals surface area contributed by atoms with E-state index in [0.717, 1.165) is 11.1 Å². The molecule has 1 saturated heterocycles. The van der Waals surface area contributed by atoms with Gasteiger partial charge in [-0.2, -0.15) is 0 Å². The number of phenolic OH excluding ortho intramolecular Hbond substituents is 1. The molecule has 0 unspecified atom stereocenters. The number of aliphatic hydroxyl groups is 1. The van der Waals surface area contributed by atoms with Crippen LogP contribution in [-0.2, 0) is 9.59 Å². The molecule has 1 heterocycles. The number of aromatic hydroxyl groups is 1. The van der Waals surface area contributed by atoms with Crippen LogP contribution in [0.2, 0.25) is 0 Å². The fourth-order valence-corrected chi connectivity index (χ4v) is 3.82. The SMILES string of the molecule is Cc1cc(O)c(C(O)=C2C(=O)C(=O)N(CCCN(C)C)[C@@H]2c2ccccc2F)cc1C. The van der Waals surface area contributed by atoms with Crippen LogP contribution in [0.5, 0.6) is 5.75 Å². The predicted molar refractivity (Wildman–Crippen MR) is 116 cm³/mol. The second-order valence-electron chi connectivity index (χ2n) is 8.12. The number of hydrogen-bond acceptors (Lipinski definition) is 5. The Labute approximate surface area is 181 Å². The molecule has 1 aliphatic heterocycles. The summed E-state index contributed by atoms with van der Waals surface area (Å²) in [7, 11) is 3.79. The highest BCUT2D eigenvalue weighted by atomic mass is 19.1. The van der Waals surface area contributed by atoms with Crippen LogP contribution in [0.25, 0.3) is 5.76 Å². The topological polar surface area (TPSA) is 81.1 Å². The first-order chi connectivity index (χ1) is 14.6. The van der Waals surface area contributed by atoms with Gasteiger partial charge in [0.15, 0.2) is 0 Å². The zero-order valence-electron chi connectivity index (χ0n) is 18.1. The van der Waals surface area contributed by atoms with Crippen molar-refractivity contribution >= 4 is 17.4 Å². The number of rotatable bonds is 6. The summed E-state index contributed by atoms with van der Waals surface area (Å²) >= 11 is 0. The van der Waals surface area contributed by atoms with Gasteiger partial charge >= 0.3 is 0 Å². The molecule has 1 amide bonds. The van der Waals surface area contributed by atoms with Crippen LogP contribution in [0, 0.1) is 19.7 Å². The van der Waals surface area contributed by atoms with Gasteiger partial charge in [0.1, 0.15) is 17.3 Å². The van der Waals surface area contributed by atoms with Crippen molar-refractivity contribution in [3.8, 4) is 5.75 Å². The van der Waals surface area contributed by atoms with Crippen molar-refractivity contribution in [2.45, 2.75) is 26.3 Å². The Morgan fingerprint density at radius 2 is 1.77 bits per heavy atom. The number of likely N-dealkylation sites (tertiary alicyclic amines) is 1. The van der Waals surface area contributed by atoms with Crippen LogP contribution in [-0.4, -0.2) is 58.9 Å². The van der Waals surface area contributed by atoms with E-state index < -0.39 is 29.3 Å². The van der Waals surface area contributed by atoms with Crippen molar-refractivity contribution < 1.29 is 24.2 Å². The molecule has 3 rings (SSSR count). The minimum atomic E-state index is -1.08. The van der Waals surface area contributed by atoms with E-state index in [1.165, 1.54) is 29.2 Å². The van der Waals surface area contributed by atoms with Crippen LogP contribution in [0.3, 0.4) is 0 Å². The highest BCUT2D eigenvalue weighted by molar-refractivity contribution is 6.46. The molecular formula is C24H27FN2O4. The molecule has 2 aromatic rings. The first kappa shape index (κ1) is 22.5. The molecule has 1 aliphatic rings. The van der Waals surface area contributed by atoms with Crippen molar-refractivity contribution in [1.82, 2.24) is 9.80 Å². The lowest BCUT2D eigenvalue weighted by molar-refractivity contribution is -0.140. The van der Waals surface area contributed by atoms with E-state index in [4.69, 9.17) is 0 Å². The number of phenols is 1. The Balaban J connectivity index is 2.18. The van der Waals surface area contributed by atoms with Crippen LogP contribution >= 0.6 is 0 Å². The molecule has 0 aromatic heterocycles. The number of halogens is 1. The van der Waals surface area contributed by atoms with Crippen molar-refractivity contribution in [3.05, 3.63) is 70.0 Å². The van der Waals surface area contributed by atoms with Crippen LogP contribution in [0.1, 0.15) is 34.7 Å². The number of aliphatic hydroxyl groups excluding tert-OH is 1. The molecule has 1 atom stereocenters. The van der Waals surface area contributed by atoms with E-state index in [9.17, 15) is 24.2 Å². The average Bonchev–Trinajstić information content (AvgIpc) is 2.95. The number of hydrogen-bond donors (Lipinski definition) is 2.